The molecule has 2 aliphatic rings. The van der Waals surface area contributed by atoms with Crippen LogP contribution in [0.3, 0.4) is 0 Å². The van der Waals surface area contributed by atoms with Gasteiger partial charge in [-0.1, -0.05) is 30.5 Å². The van der Waals surface area contributed by atoms with Gasteiger partial charge >= 0.3 is 0 Å². The minimum absolute atomic E-state index is 0.285. The van der Waals surface area contributed by atoms with Crippen LogP contribution in [-0.2, 0) is 12.1 Å². The summed E-state index contributed by atoms with van der Waals surface area (Å²) >= 11 is 5.94. The number of rotatable bonds is 0. The Morgan fingerprint density at radius 1 is 1.33 bits per heavy atom. The van der Waals surface area contributed by atoms with Crippen molar-refractivity contribution < 1.29 is 0 Å². The Morgan fingerprint density at radius 2 is 2.07 bits per heavy atom. The first-order chi connectivity index (χ1) is 7.22. The molecule has 0 aromatic carbocycles. The number of nitrogens with zero attached hydrogens (tertiary/aromatic N) is 2. The average molecular weight is 223 g/mol. The zero-order chi connectivity index (χ0) is 10.5. The van der Waals surface area contributed by atoms with Crippen molar-refractivity contribution in [2.75, 3.05) is 7.05 Å². The highest BCUT2D eigenvalue weighted by atomic mass is 35.5. The monoisotopic (exact) mass is 222 g/mol. The molecule has 0 saturated heterocycles. The zero-order valence-corrected chi connectivity index (χ0v) is 9.72. The Morgan fingerprint density at radius 3 is 2.80 bits per heavy atom. The minimum Gasteiger partial charge on any atom is -0.291 e. The smallest absolute Gasteiger partial charge is 0.129 e. The molecule has 0 radical (unpaired) electrons. The number of halogens is 1. The van der Waals surface area contributed by atoms with Crippen molar-refractivity contribution in [3.8, 4) is 0 Å². The van der Waals surface area contributed by atoms with Gasteiger partial charge in [0, 0.05) is 12.1 Å². The van der Waals surface area contributed by atoms with E-state index in [1.807, 2.05) is 6.07 Å². The Kier molecular flexibility index (Phi) is 2.05. The van der Waals surface area contributed by atoms with E-state index in [0.717, 1.165) is 6.54 Å². The van der Waals surface area contributed by atoms with Gasteiger partial charge in [0.15, 0.2) is 0 Å². The van der Waals surface area contributed by atoms with Gasteiger partial charge in [-0.2, -0.15) is 0 Å². The van der Waals surface area contributed by atoms with Gasteiger partial charge in [-0.3, -0.25) is 4.90 Å². The Bertz CT molecular complexity index is 397. The van der Waals surface area contributed by atoms with E-state index in [9.17, 15) is 0 Å². The lowest BCUT2D eigenvalue weighted by Crippen LogP contribution is -2.35. The Hall–Kier alpha value is -0.600. The summed E-state index contributed by atoms with van der Waals surface area (Å²) in [4.78, 5) is 6.90. The molecular weight excluding hydrogens is 208 g/mol. The van der Waals surface area contributed by atoms with Crippen LogP contribution >= 0.6 is 11.6 Å². The lowest BCUT2D eigenvalue weighted by molar-refractivity contribution is 0.143. The van der Waals surface area contributed by atoms with Gasteiger partial charge in [0.2, 0.25) is 0 Å². The van der Waals surface area contributed by atoms with E-state index in [4.69, 9.17) is 11.6 Å². The van der Waals surface area contributed by atoms with Crippen LogP contribution in [0, 0.1) is 0 Å². The van der Waals surface area contributed by atoms with Crippen molar-refractivity contribution in [2.24, 2.45) is 0 Å². The van der Waals surface area contributed by atoms with Crippen molar-refractivity contribution in [3.05, 3.63) is 28.5 Å². The summed E-state index contributed by atoms with van der Waals surface area (Å²) in [5.74, 6) is 0. The fourth-order valence-electron chi connectivity index (χ4n) is 3.21. The second-order valence-electron chi connectivity index (χ2n) is 4.72. The van der Waals surface area contributed by atoms with Gasteiger partial charge in [0.1, 0.15) is 5.15 Å². The van der Waals surface area contributed by atoms with Gasteiger partial charge in [-0.05, 0) is 31.5 Å². The summed E-state index contributed by atoms with van der Waals surface area (Å²) in [6.07, 6.45) is 5.23. The lowest BCUT2D eigenvalue weighted by Gasteiger charge is -2.32. The Balaban J connectivity index is 2.13. The fourth-order valence-corrected chi connectivity index (χ4v) is 3.38. The molecule has 1 aromatic heterocycles. The summed E-state index contributed by atoms with van der Waals surface area (Å²) < 4.78 is 0. The van der Waals surface area contributed by atoms with Crippen LogP contribution < -0.4 is 0 Å². The Labute approximate surface area is 95.3 Å². The molecule has 1 fully saturated rings. The van der Waals surface area contributed by atoms with E-state index in [1.54, 1.807) is 0 Å². The third-order valence-corrected chi connectivity index (χ3v) is 4.20. The first-order valence-electron chi connectivity index (χ1n) is 5.59. The van der Waals surface area contributed by atoms with E-state index >= 15 is 0 Å². The molecule has 0 unspecified atom stereocenters. The quantitative estimate of drug-likeness (QED) is 0.628. The standard InChI is InChI=1S/C12H15ClN2/c1-15-8-10-9(4-5-11(13)14-10)12(15)6-2-3-7-12/h4-5H,2-3,6-8H2,1H3. The number of hydrogen-bond donors (Lipinski definition) is 0. The third kappa shape index (κ3) is 1.25. The van der Waals surface area contributed by atoms with Crippen molar-refractivity contribution in [2.45, 2.75) is 37.8 Å². The van der Waals surface area contributed by atoms with Gasteiger partial charge in [0.25, 0.3) is 0 Å². The molecule has 1 aliphatic heterocycles. The van der Waals surface area contributed by atoms with Crippen LogP contribution in [0.15, 0.2) is 12.1 Å². The van der Waals surface area contributed by atoms with E-state index < -0.39 is 0 Å². The first-order valence-corrected chi connectivity index (χ1v) is 5.97. The highest BCUT2D eigenvalue weighted by Crippen LogP contribution is 2.48. The second-order valence-corrected chi connectivity index (χ2v) is 5.11. The van der Waals surface area contributed by atoms with Crippen LogP contribution in [0.1, 0.15) is 36.9 Å². The number of aromatic nitrogens is 1. The molecule has 15 heavy (non-hydrogen) atoms. The van der Waals surface area contributed by atoms with Crippen LogP contribution in [-0.4, -0.2) is 16.9 Å². The molecule has 3 heteroatoms. The lowest BCUT2D eigenvalue weighted by atomic mass is 9.90. The predicted octanol–water partition coefficient (Wildman–Crippen LogP) is 2.95. The van der Waals surface area contributed by atoms with Crippen molar-refractivity contribution in [1.82, 2.24) is 9.88 Å². The number of hydrogen-bond acceptors (Lipinski definition) is 2. The second kappa shape index (κ2) is 3.19. The number of fused-ring (bicyclic) bond motifs is 2. The first kappa shape index (κ1) is 9.61. The van der Waals surface area contributed by atoms with Crippen molar-refractivity contribution >= 4 is 11.6 Å². The van der Waals surface area contributed by atoms with Crippen molar-refractivity contribution in [1.29, 1.82) is 0 Å². The summed E-state index contributed by atoms with van der Waals surface area (Å²) in [5.41, 5.74) is 2.89. The average Bonchev–Trinajstić information content (AvgIpc) is 2.76. The molecule has 1 saturated carbocycles. The topological polar surface area (TPSA) is 16.1 Å². The van der Waals surface area contributed by atoms with Gasteiger partial charge in [-0.15, -0.1) is 0 Å². The van der Waals surface area contributed by atoms with Gasteiger partial charge in [-0.25, -0.2) is 4.98 Å². The maximum Gasteiger partial charge on any atom is 0.129 e. The number of pyridine rings is 1. The maximum absolute atomic E-state index is 5.94. The summed E-state index contributed by atoms with van der Waals surface area (Å²) in [5, 5.41) is 0.622. The molecule has 1 spiro atoms. The molecule has 2 heterocycles. The normalized spacial score (nSPS) is 23.6. The largest absolute Gasteiger partial charge is 0.291 e. The molecule has 0 amide bonds. The highest BCUT2D eigenvalue weighted by Gasteiger charge is 2.45. The van der Waals surface area contributed by atoms with E-state index in [1.165, 1.54) is 36.9 Å². The predicted molar refractivity (Wildman–Crippen MR) is 60.9 cm³/mol. The molecule has 3 rings (SSSR count). The van der Waals surface area contributed by atoms with Crippen LogP contribution in [0.25, 0.3) is 0 Å². The maximum atomic E-state index is 5.94. The summed E-state index contributed by atoms with van der Waals surface area (Å²) in [6, 6.07) is 4.11. The highest BCUT2D eigenvalue weighted by molar-refractivity contribution is 6.29. The molecule has 2 nitrogen and oxygen atoms in total. The fraction of sp³-hybridized carbons (Fsp3) is 0.583. The van der Waals surface area contributed by atoms with E-state index in [2.05, 4.69) is 23.0 Å². The molecule has 80 valence electrons. The SMILES string of the molecule is CN1Cc2nc(Cl)ccc2C12CCCC2. The summed E-state index contributed by atoms with van der Waals surface area (Å²) in [6.45, 7) is 0.954. The molecular formula is C12H15ClN2. The molecule has 1 aliphatic carbocycles. The van der Waals surface area contributed by atoms with Crippen LogP contribution in [0.5, 0.6) is 0 Å². The van der Waals surface area contributed by atoms with E-state index in [0.29, 0.717) is 5.15 Å². The van der Waals surface area contributed by atoms with Crippen LogP contribution in [0.2, 0.25) is 5.15 Å². The third-order valence-electron chi connectivity index (χ3n) is 3.99. The van der Waals surface area contributed by atoms with Gasteiger partial charge in [0.05, 0.1) is 5.69 Å². The molecule has 0 bridgehead atoms. The molecule has 1 aromatic rings. The summed E-state index contributed by atoms with van der Waals surface area (Å²) in [7, 11) is 2.21. The van der Waals surface area contributed by atoms with Gasteiger partial charge < -0.3 is 0 Å². The van der Waals surface area contributed by atoms with E-state index in [-0.39, 0.29) is 5.54 Å². The minimum atomic E-state index is 0.285. The molecule has 0 atom stereocenters. The van der Waals surface area contributed by atoms with Crippen molar-refractivity contribution in [3.63, 3.8) is 0 Å². The molecule has 0 N–H and O–H groups in total. The zero-order valence-electron chi connectivity index (χ0n) is 8.96. The van der Waals surface area contributed by atoms with Crippen LogP contribution in [0.4, 0.5) is 0 Å².